The van der Waals surface area contributed by atoms with Crippen LogP contribution in [0.1, 0.15) is 43.2 Å². The Hall–Kier alpha value is -1.82. The van der Waals surface area contributed by atoms with E-state index in [0.717, 1.165) is 5.56 Å². The Morgan fingerprint density at radius 3 is 2.24 bits per heavy atom. The third-order valence-corrected chi connectivity index (χ3v) is 2.83. The summed E-state index contributed by atoms with van der Waals surface area (Å²) in [5, 5.41) is 11.6. The summed E-state index contributed by atoms with van der Waals surface area (Å²) in [7, 11) is 1.58. The summed E-state index contributed by atoms with van der Waals surface area (Å²) in [6.07, 6.45) is 0.216. The van der Waals surface area contributed by atoms with Crippen molar-refractivity contribution in [2.75, 3.05) is 7.05 Å². The Morgan fingerprint density at radius 2 is 1.82 bits per heavy atom. The highest BCUT2D eigenvalue weighted by Gasteiger charge is 2.14. The molecule has 0 aromatic heterocycles. The van der Waals surface area contributed by atoms with Gasteiger partial charge in [-0.1, -0.05) is 38.1 Å². The molecule has 3 nitrogen and oxygen atoms in total. The van der Waals surface area contributed by atoms with Crippen LogP contribution in [0.3, 0.4) is 0 Å². The minimum absolute atomic E-state index is 0.107. The van der Waals surface area contributed by atoms with Crippen LogP contribution >= 0.6 is 0 Å². The van der Waals surface area contributed by atoms with Gasteiger partial charge in [-0.25, -0.2) is 0 Å². The molecule has 1 aromatic carbocycles. The largest absolute Gasteiger partial charge is 0.359 e. The molecular formula is C14H18N2O. The highest BCUT2D eigenvalue weighted by molar-refractivity contribution is 5.77. The normalized spacial score (nSPS) is 11.9. The molecule has 0 spiro atoms. The van der Waals surface area contributed by atoms with Crippen LogP contribution in [0.5, 0.6) is 0 Å². The van der Waals surface area contributed by atoms with E-state index >= 15 is 0 Å². The van der Waals surface area contributed by atoms with Crippen LogP contribution in [0, 0.1) is 11.3 Å². The first kappa shape index (κ1) is 13.2. The van der Waals surface area contributed by atoms with Crippen LogP contribution in [0.2, 0.25) is 0 Å². The molecule has 0 heterocycles. The van der Waals surface area contributed by atoms with Gasteiger partial charge in [0.25, 0.3) is 0 Å². The molecule has 0 saturated heterocycles. The molecule has 0 aliphatic rings. The summed E-state index contributed by atoms with van der Waals surface area (Å²) < 4.78 is 0. The molecule has 0 fully saturated rings. The SMILES string of the molecule is CNC(=O)CC(C#N)c1ccc(C(C)C)cc1. The Balaban J connectivity index is 2.83. The monoisotopic (exact) mass is 230 g/mol. The van der Waals surface area contributed by atoms with E-state index in [0.29, 0.717) is 5.92 Å². The smallest absolute Gasteiger partial charge is 0.221 e. The van der Waals surface area contributed by atoms with Crippen molar-refractivity contribution < 1.29 is 4.79 Å². The van der Waals surface area contributed by atoms with Gasteiger partial charge in [0, 0.05) is 13.5 Å². The van der Waals surface area contributed by atoms with Crippen molar-refractivity contribution in [2.24, 2.45) is 0 Å². The summed E-state index contributed by atoms with van der Waals surface area (Å²) in [5.41, 5.74) is 2.14. The van der Waals surface area contributed by atoms with Gasteiger partial charge < -0.3 is 5.32 Å². The Bertz CT molecular complexity index is 415. The average Bonchev–Trinajstić information content (AvgIpc) is 2.35. The number of hydrogen-bond acceptors (Lipinski definition) is 2. The lowest BCUT2D eigenvalue weighted by atomic mass is 9.94. The number of rotatable bonds is 4. The summed E-state index contributed by atoms with van der Waals surface area (Å²) >= 11 is 0. The van der Waals surface area contributed by atoms with Crippen molar-refractivity contribution in [2.45, 2.75) is 32.1 Å². The fourth-order valence-electron chi connectivity index (χ4n) is 1.64. The van der Waals surface area contributed by atoms with Gasteiger partial charge in [-0.3, -0.25) is 4.79 Å². The van der Waals surface area contributed by atoms with E-state index in [4.69, 9.17) is 5.26 Å². The number of nitriles is 1. The number of amides is 1. The topological polar surface area (TPSA) is 52.9 Å². The van der Waals surface area contributed by atoms with Crippen LogP contribution in [-0.4, -0.2) is 13.0 Å². The minimum Gasteiger partial charge on any atom is -0.359 e. The summed E-state index contributed by atoms with van der Waals surface area (Å²) in [4.78, 5) is 11.3. The maximum atomic E-state index is 11.3. The lowest BCUT2D eigenvalue weighted by Gasteiger charge is -2.10. The number of nitrogens with zero attached hydrogens (tertiary/aromatic N) is 1. The maximum Gasteiger partial charge on any atom is 0.221 e. The first-order chi connectivity index (χ1) is 8.08. The molecule has 3 heteroatoms. The average molecular weight is 230 g/mol. The predicted octanol–water partition coefficient (Wildman–Crippen LogP) is 2.55. The Morgan fingerprint density at radius 1 is 1.29 bits per heavy atom. The highest BCUT2D eigenvalue weighted by Crippen LogP contribution is 2.22. The van der Waals surface area contributed by atoms with E-state index < -0.39 is 0 Å². The van der Waals surface area contributed by atoms with E-state index in [1.54, 1.807) is 7.05 Å². The highest BCUT2D eigenvalue weighted by atomic mass is 16.1. The first-order valence-corrected chi connectivity index (χ1v) is 5.78. The van der Waals surface area contributed by atoms with Crippen LogP contribution < -0.4 is 5.32 Å². The standard InChI is InChI=1S/C14H18N2O/c1-10(2)11-4-6-12(7-5-11)13(9-15)8-14(17)16-3/h4-7,10,13H,8H2,1-3H3,(H,16,17). The van der Waals surface area contributed by atoms with Crippen LogP contribution in [-0.2, 0) is 4.79 Å². The minimum atomic E-state index is -0.365. The molecule has 1 unspecified atom stereocenters. The van der Waals surface area contributed by atoms with Crippen molar-refractivity contribution in [3.05, 3.63) is 35.4 Å². The van der Waals surface area contributed by atoms with Gasteiger partial charge in [-0.2, -0.15) is 5.26 Å². The molecule has 0 bridgehead atoms. The van der Waals surface area contributed by atoms with Crippen molar-refractivity contribution in [1.29, 1.82) is 5.26 Å². The van der Waals surface area contributed by atoms with Crippen molar-refractivity contribution in [3.8, 4) is 6.07 Å². The molecular weight excluding hydrogens is 212 g/mol. The molecule has 1 N–H and O–H groups in total. The number of hydrogen-bond donors (Lipinski definition) is 1. The predicted molar refractivity (Wildman–Crippen MR) is 67.6 cm³/mol. The van der Waals surface area contributed by atoms with Gasteiger partial charge in [-0.05, 0) is 17.0 Å². The molecule has 1 atom stereocenters. The fraction of sp³-hybridized carbons (Fsp3) is 0.429. The third kappa shape index (κ3) is 3.60. The molecule has 0 aliphatic carbocycles. The molecule has 0 radical (unpaired) electrons. The van der Waals surface area contributed by atoms with Crippen LogP contribution in [0.15, 0.2) is 24.3 Å². The van der Waals surface area contributed by atoms with Gasteiger partial charge in [0.05, 0.1) is 12.0 Å². The maximum absolute atomic E-state index is 11.3. The van der Waals surface area contributed by atoms with Crippen LogP contribution in [0.4, 0.5) is 0 Å². The van der Waals surface area contributed by atoms with Crippen LogP contribution in [0.25, 0.3) is 0 Å². The second-order valence-electron chi connectivity index (χ2n) is 4.38. The molecule has 1 rings (SSSR count). The third-order valence-electron chi connectivity index (χ3n) is 2.83. The molecule has 0 saturated carbocycles. The lowest BCUT2D eigenvalue weighted by Crippen LogP contribution is -2.20. The number of benzene rings is 1. The van der Waals surface area contributed by atoms with Gasteiger partial charge in [0.2, 0.25) is 5.91 Å². The van der Waals surface area contributed by atoms with Gasteiger partial charge in [0.15, 0.2) is 0 Å². The summed E-state index contributed by atoms with van der Waals surface area (Å²) in [6, 6.07) is 10.1. The van der Waals surface area contributed by atoms with Crippen molar-refractivity contribution in [1.82, 2.24) is 5.32 Å². The Kier molecular flexibility index (Phi) is 4.71. The second kappa shape index (κ2) is 6.05. The van der Waals surface area contributed by atoms with E-state index in [-0.39, 0.29) is 18.2 Å². The zero-order valence-electron chi connectivity index (χ0n) is 10.5. The van der Waals surface area contributed by atoms with E-state index in [2.05, 4.69) is 25.2 Å². The Labute approximate surface area is 102 Å². The molecule has 90 valence electrons. The number of carbonyl (C=O) groups excluding carboxylic acids is 1. The zero-order chi connectivity index (χ0) is 12.8. The molecule has 1 amide bonds. The van der Waals surface area contributed by atoms with E-state index in [1.165, 1.54) is 5.56 Å². The lowest BCUT2D eigenvalue weighted by molar-refractivity contribution is -0.120. The van der Waals surface area contributed by atoms with Crippen molar-refractivity contribution in [3.63, 3.8) is 0 Å². The molecule has 0 aliphatic heterocycles. The van der Waals surface area contributed by atoms with Gasteiger partial charge in [0.1, 0.15) is 0 Å². The number of carbonyl (C=O) groups is 1. The number of nitrogens with one attached hydrogen (secondary N) is 1. The van der Waals surface area contributed by atoms with E-state index in [1.807, 2.05) is 24.3 Å². The summed E-state index contributed by atoms with van der Waals surface area (Å²) in [5.74, 6) is 0.00387. The fourth-order valence-corrected chi connectivity index (χ4v) is 1.64. The second-order valence-corrected chi connectivity index (χ2v) is 4.38. The summed E-state index contributed by atoms with van der Waals surface area (Å²) in [6.45, 7) is 4.25. The van der Waals surface area contributed by atoms with Crippen molar-refractivity contribution >= 4 is 5.91 Å². The van der Waals surface area contributed by atoms with Gasteiger partial charge >= 0.3 is 0 Å². The first-order valence-electron chi connectivity index (χ1n) is 5.78. The molecule has 17 heavy (non-hydrogen) atoms. The van der Waals surface area contributed by atoms with Gasteiger partial charge in [-0.15, -0.1) is 0 Å². The van der Waals surface area contributed by atoms with E-state index in [9.17, 15) is 4.79 Å². The zero-order valence-corrected chi connectivity index (χ0v) is 10.5. The quantitative estimate of drug-likeness (QED) is 0.864. The molecule has 1 aromatic rings.